The zero-order valence-electron chi connectivity index (χ0n) is 18.1. The predicted octanol–water partition coefficient (Wildman–Crippen LogP) is 3.11. The molecule has 2 aliphatic heterocycles. The molecular formula is C21H23BrN4O6S. The number of hydrogen-bond donors (Lipinski definition) is 2. The lowest BCUT2D eigenvalue weighted by Gasteiger charge is -2.39. The van der Waals surface area contributed by atoms with E-state index in [-0.39, 0.29) is 19.1 Å². The lowest BCUT2D eigenvalue weighted by Crippen LogP contribution is -2.69. The second-order valence-corrected chi connectivity index (χ2v) is 9.92. The van der Waals surface area contributed by atoms with E-state index >= 15 is 0 Å². The number of anilines is 2. The van der Waals surface area contributed by atoms with Gasteiger partial charge in [-0.2, -0.15) is 0 Å². The maximum atomic E-state index is 13.0. The first-order valence-corrected chi connectivity index (χ1v) is 11.7. The van der Waals surface area contributed by atoms with Gasteiger partial charge in [-0.25, -0.2) is 4.79 Å². The Morgan fingerprint density at radius 3 is 2.70 bits per heavy atom. The predicted molar refractivity (Wildman–Crippen MR) is 127 cm³/mol. The number of amides is 2. The highest BCUT2D eigenvalue weighted by Gasteiger charge is 2.48. The van der Waals surface area contributed by atoms with Gasteiger partial charge in [0.2, 0.25) is 0 Å². The molecule has 12 heteroatoms. The number of amidine groups is 1. The van der Waals surface area contributed by atoms with E-state index in [1.54, 1.807) is 18.2 Å². The van der Waals surface area contributed by atoms with Crippen LogP contribution in [0.5, 0.6) is 5.06 Å². The van der Waals surface area contributed by atoms with E-state index in [9.17, 15) is 9.59 Å². The van der Waals surface area contributed by atoms with Gasteiger partial charge in [0.1, 0.15) is 13.7 Å². The van der Waals surface area contributed by atoms with Crippen LogP contribution in [0, 0.1) is 6.92 Å². The van der Waals surface area contributed by atoms with Gasteiger partial charge in [-0.1, -0.05) is 16.5 Å². The van der Waals surface area contributed by atoms with E-state index in [0.29, 0.717) is 36.3 Å². The minimum absolute atomic E-state index is 0.0593. The number of aryl methyl sites for hydroxylation is 1. The fourth-order valence-corrected chi connectivity index (χ4v) is 4.68. The lowest BCUT2D eigenvalue weighted by atomic mass is 9.96. The molecule has 0 radical (unpaired) electrons. The van der Waals surface area contributed by atoms with Crippen LogP contribution in [0.2, 0.25) is 0 Å². The number of nitrogens with zero attached hydrogens (tertiary/aromatic N) is 2. The van der Waals surface area contributed by atoms with E-state index in [1.807, 2.05) is 24.0 Å². The fraction of sp³-hybridized carbons (Fsp3) is 0.381. The molecule has 0 unspecified atom stereocenters. The van der Waals surface area contributed by atoms with Crippen molar-refractivity contribution in [2.75, 3.05) is 50.3 Å². The number of halogens is 1. The Hall–Kier alpha value is -2.67. The van der Waals surface area contributed by atoms with Crippen molar-refractivity contribution in [3.8, 4) is 5.06 Å². The Morgan fingerprint density at radius 1 is 1.24 bits per heavy atom. The summed E-state index contributed by atoms with van der Waals surface area (Å²) in [6.45, 7) is 3.64. The second kappa shape index (κ2) is 10.1. The molecule has 3 heterocycles. The number of nitrogens with one attached hydrogen (secondary N) is 2. The van der Waals surface area contributed by atoms with Gasteiger partial charge >= 0.3 is 6.09 Å². The Labute approximate surface area is 202 Å². The van der Waals surface area contributed by atoms with Gasteiger partial charge in [-0.15, -0.1) is 0 Å². The Morgan fingerprint density at radius 2 is 2.06 bits per heavy atom. The number of ether oxygens (including phenoxy) is 3. The highest BCUT2D eigenvalue weighted by atomic mass is 79.9. The number of morpholine rings is 1. The number of rotatable bonds is 6. The normalized spacial score (nSPS) is 18.4. The SMILES string of the molecule is CON=C1COCCN1c1ccc(NC(=O)C2(NC(=O)Oc3ccc(Br)s3)COC2)cc1C. The van der Waals surface area contributed by atoms with Crippen molar-refractivity contribution in [2.24, 2.45) is 5.16 Å². The molecule has 2 amide bonds. The molecule has 33 heavy (non-hydrogen) atoms. The van der Waals surface area contributed by atoms with Crippen LogP contribution in [0.1, 0.15) is 5.56 Å². The number of hydrogen-bond acceptors (Lipinski definition) is 8. The van der Waals surface area contributed by atoms with Crippen molar-refractivity contribution in [1.82, 2.24) is 5.32 Å². The number of carbonyl (C=O) groups is 2. The molecule has 2 saturated heterocycles. The molecule has 4 rings (SSSR count). The third-order valence-electron chi connectivity index (χ3n) is 5.16. The van der Waals surface area contributed by atoms with Crippen LogP contribution < -0.4 is 20.3 Å². The summed E-state index contributed by atoms with van der Waals surface area (Å²) in [4.78, 5) is 32.3. The maximum absolute atomic E-state index is 13.0. The summed E-state index contributed by atoms with van der Waals surface area (Å²) in [5.41, 5.74) is 1.29. The number of thiophene rings is 1. The van der Waals surface area contributed by atoms with Gasteiger partial charge in [0, 0.05) is 17.9 Å². The largest absolute Gasteiger partial charge is 0.414 e. The second-order valence-electron chi connectivity index (χ2n) is 7.50. The van der Waals surface area contributed by atoms with E-state index in [2.05, 4.69) is 31.7 Å². The minimum atomic E-state index is -1.19. The van der Waals surface area contributed by atoms with Crippen molar-refractivity contribution < 1.29 is 28.6 Å². The van der Waals surface area contributed by atoms with Crippen molar-refractivity contribution in [3.05, 3.63) is 39.7 Å². The van der Waals surface area contributed by atoms with Crippen LogP contribution in [-0.2, 0) is 19.1 Å². The Balaban J connectivity index is 1.43. The quantitative estimate of drug-likeness (QED) is 0.543. The molecule has 1 aromatic carbocycles. The first kappa shape index (κ1) is 23.5. The molecule has 0 atom stereocenters. The van der Waals surface area contributed by atoms with Gasteiger partial charge < -0.3 is 34.6 Å². The van der Waals surface area contributed by atoms with Crippen LogP contribution in [0.15, 0.2) is 39.3 Å². The molecule has 10 nitrogen and oxygen atoms in total. The monoisotopic (exact) mass is 538 g/mol. The summed E-state index contributed by atoms with van der Waals surface area (Å²) in [7, 11) is 1.49. The molecule has 2 aromatic rings. The highest BCUT2D eigenvalue weighted by Crippen LogP contribution is 2.30. The van der Waals surface area contributed by atoms with Crippen LogP contribution in [0.4, 0.5) is 16.2 Å². The van der Waals surface area contributed by atoms with Crippen molar-refractivity contribution in [2.45, 2.75) is 12.5 Å². The molecular weight excluding hydrogens is 516 g/mol. The molecule has 1 aromatic heterocycles. The zero-order valence-corrected chi connectivity index (χ0v) is 20.5. The average Bonchev–Trinajstić information content (AvgIpc) is 3.16. The van der Waals surface area contributed by atoms with Crippen molar-refractivity contribution in [1.29, 1.82) is 0 Å². The van der Waals surface area contributed by atoms with Crippen molar-refractivity contribution >= 4 is 56.5 Å². The summed E-state index contributed by atoms with van der Waals surface area (Å²) in [6.07, 6.45) is -0.716. The third-order valence-corrected chi connectivity index (χ3v) is 6.66. The Kier molecular flexibility index (Phi) is 7.17. The third kappa shape index (κ3) is 5.29. The van der Waals surface area contributed by atoms with Gasteiger partial charge in [0.25, 0.3) is 5.91 Å². The van der Waals surface area contributed by atoms with Gasteiger partial charge in [0.15, 0.2) is 16.4 Å². The number of oxime groups is 1. The van der Waals surface area contributed by atoms with E-state index in [4.69, 9.17) is 19.0 Å². The number of carbonyl (C=O) groups excluding carboxylic acids is 2. The molecule has 0 aliphatic carbocycles. The van der Waals surface area contributed by atoms with Crippen molar-refractivity contribution in [3.63, 3.8) is 0 Å². The van der Waals surface area contributed by atoms with Crippen LogP contribution >= 0.6 is 27.3 Å². The molecule has 2 N–H and O–H groups in total. The molecule has 0 spiro atoms. The fourth-order valence-electron chi connectivity index (χ4n) is 3.48. The zero-order chi connectivity index (χ0) is 23.4. The lowest BCUT2D eigenvalue weighted by molar-refractivity contribution is -0.141. The number of benzene rings is 1. The molecule has 0 bridgehead atoms. The minimum Gasteiger partial charge on any atom is -0.399 e. The van der Waals surface area contributed by atoms with E-state index in [1.165, 1.54) is 18.4 Å². The molecule has 176 valence electrons. The van der Waals surface area contributed by atoms with Gasteiger partial charge in [-0.3, -0.25) is 4.79 Å². The Bertz CT molecular complexity index is 1070. The summed E-state index contributed by atoms with van der Waals surface area (Å²) in [6, 6.07) is 9.01. The standard InChI is InChI=1S/C21H23BrN4O6S/c1-13-9-14(3-4-15(13)26-7-8-30-10-17(26)25-29-2)23-19(27)21(11-31-12-21)24-20(28)32-18-6-5-16(22)33-18/h3-6,9H,7-8,10-12H2,1-2H3,(H,23,27)(H,24,28). The molecule has 2 fully saturated rings. The smallest absolute Gasteiger partial charge is 0.399 e. The highest BCUT2D eigenvalue weighted by molar-refractivity contribution is 9.11. The topological polar surface area (TPSA) is 111 Å². The first-order valence-electron chi connectivity index (χ1n) is 10.1. The van der Waals surface area contributed by atoms with E-state index < -0.39 is 11.6 Å². The van der Waals surface area contributed by atoms with Gasteiger partial charge in [-0.05, 0) is 58.7 Å². The van der Waals surface area contributed by atoms with Crippen LogP contribution in [0.25, 0.3) is 0 Å². The summed E-state index contributed by atoms with van der Waals surface area (Å²) < 4.78 is 16.8. The van der Waals surface area contributed by atoms with Gasteiger partial charge in [0.05, 0.1) is 23.6 Å². The molecule has 2 aliphatic rings. The van der Waals surface area contributed by atoms with Crippen LogP contribution in [-0.4, -0.2) is 63.5 Å². The first-order chi connectivity index (χ1) is 15.9. The summed E-state index contributed by atoms with van der Waals surface area (Å²) in [5.74, 6) is 0.299. The van der Waals surface area contributed by atoms with Crippen LogP contribution in [0.3, 0.4) is 0 Å². The summed E-state index contributed by atoms with van der Waals surface area (Å²) >= 11 is 4.59. The maximum Gasteiger partial charge on any atom is 0.414 e. The average molecular weight is 539 g/mol. The van der Waals surface area contributed by atoms with E-state index in [0.717, 1.165) is 15.0 Å². The summed E-state index contributed by atoms with van der Waals surface area (Å²) in [5, 5.41) is 9.98. The molecule has 0 saturated carbocycles.